The Kier molecular flexibility index (Phi) is 10.6. The molecule has 0 unspecified atom stereocenters. The summed E-state index contributed by atoms with van der Waals surface area (Å²) in [5.74, 6) is -3.03. The summed E-state index contributed by atoms with van der Waals surface area (Å²) in [6.45, 7) is 5.43. The first kappa shape index (κ1) is 31.7. The van der Waals surface area contributed by atoms with Crippen LogP contribution in [0.3, 0.4) is 0 Å². The number of halogens is 4. The van der Waals surface area contributed by atoms with Crippen molar-refractivity contribution in [2.24, 2.45) is 0 Å². The molecule has 14 heteroatoms. The average Bonchev–Trinajstić information content (AvgIpc) is 2.92. The van der Waals surface area contributed by atoms with E-state index in [0.29, 0.717) is 22.8 Å². The third-order valence-corrected chi connectivity index (χ3v) is 7.50. The second-order valence-corrected chi connectivity index (χ2v) is 11.1. The summed E-state index contributed by atoms with van der Waals surface area (Å²) in [5.41, 5.74) is 3.58. The van der Waals surface area contributed by atoms with Crippen LogP contribution in [0.2, 0.25) is 5.02 Å². The molecule has 0 atom stereocenters. The van der Waals surface area contributed by atoms with Gasteiger partial charge in [0, 0.05) is 43.3 Å². The van der Waals surface area contributed by atoms with Gasteiger partial charge < -0.3 is 20.6 Å². The Hall–Kier alpha value is -3.81. The van der Waals surface area contributed by atoms with Crippen molar-refractivity contribution < 1.29 is 36.3 Å². The van der Waals surface area contributed by atoms with Gasteiger partial charge in [-0.1, -0.05) is 41.4 Å². The number of anilines is 2. The molecule has 0 radical (unpaired) electrons. The number of amides is 1. The zero-order chi connectivity index (χ0) is 30.2. The van der Waals surface area contributed by atoms with Gasteiger partial charge in [0.05, 0.1) is 16.3 Å². The molecule has 0 saturated carbocycles. The van der Waals surface area contributed by atoms with E-state index in [1.807, 2.05) is 31.2 Å². The van der Waals surface area contributed by atoms with E-state index >= 15 is 0 Å². The van der Waals surface area contributed by atoms with Crippen molar-refractivity contribution in [3.05, 3.63) is 88.4 Å². The Morgan fingerprint density at radius 1 is 1.02 bits per heavy atom. The molecule has 1 aliphatic heterocycles. The van der Waals surface area contributed by atoms with Crippen LogP contribution in [-0.2, 0) is 21.4 Å². The molecule has 1 amide bonds. The Morgan fingerprint density at radius 2 is 1.66 bits per heavy atom. The third-order valence-electron chi connectivity index (χ3n) is 5.86. The molecule has 0 aliphatic carbocycles. The Labute approximate surface area is 240 Å². The number of aryl methyl sites for hydroxylation is 1. The highest BCUT2D eigenvalue weighted by Crippen LogP contribution is 2.30. The molecule has 0 aromatic heterocycles. The zero-order valence-corrected chi connectivity index (χ0v) is 23.4. The number of carboxylic acids is 1. The topological polar surface area (TPSA) is 128 Å². The first-order chi connectivity index (χ1) is 19.3. The van der Waals surface area contributed by atoms with E-state index < -0.39 is 22.2 Å². The van der Waals surface area contributed by atoms with E-state index in [2.05, 4.69) is 20.3 Å². The van der Waals surface area contributed by atoms with Crippen LogP contribution >= 0.6 is 11.6 Å². The normalized spacial score (nSPS) is 13.5. The molecule has 1 saturated heterocycles. The maximum Gasteiger partial charge on any atom is 0.490 e. The second kappa shape index (κ2) is 13.7. The van der Waals surface area contributed by atoms with Crippen LogP contribution < -0.4 is 20.3 Å². The maximum absolute atomic E-state index is 13.1. The molecule has 4 rings (SSSR count). The minimum absolute atomic E-state index is 0.0949. The lowest BCUT2D eigenvalue weighted by Gasteiger charge is -2.31. The highest BCUT2D eigenvalue weighted by molar-refractivity contribution is 7.92. The number of piperazine rings is 1. The maximum atomic E-state index is 13.1. The Bertz CT molecular complexity index is 1480. The van der Waals surface area contributed by atoms with Gasteiger partial charge in [-0.25, -0.2) is 13.2 Å². The van der Waals surface area contributed by atoms with Gasteiger partial charge in [0.2, 0.25) is 0 Å². The van der Waals surface area contributed by atoms with Gasteiger partial charge in [-0.15, -0.1) is 0 Å². The molecule has 0 bridgehead atoms. The van der Waals surface area contributed by atoms with Gasteiger partial charge in [0.15, 0.2) is 0 Å². The van der Waals surface area contributed by atoms with Gasteiger partial charge in [0.1, 0.15) is 0 Å². The minimum atomic E-state index is -5.08. The number of aliphatic carboxylic acids is 1. The Balaban J connectivity index is 0.000000587. The van der Waals surface area contributed by atoms with E-state index in [1.165, 1.54) is 24.3 Å². The molecule has 0 spiro atoms. The number of carbonyl (C=O) groups is 2. The summed E-state index contributed by atoms with van der Waals surface area (Å²) < 4.78 is 60.6. The van der Waals surface area contributed by atoms with Gasteiger partial charge >= 0.3 is 12.1 Å². The van der Waals surface area contributed by atoms with Crippen molar-refractivity contribution in [3.8, 4) is 0 Å². The lowest BCUT2D eigenvalue weighted by atomic mass is 10.1. The number of rotatable bonds is 7. The number of benzene rings is 3. The number of carboxylic acid groups (broad SMARTS) is 1. The monoisotopic (exact) mass is 612 g/mol. The number of sulfonamides is 1. The fourth-order valence-corrected chi connectivity index (χ4v) is 5.06. The van der Waals surface area contributed by atoms with Crippen LogP contribution in [0.5, 0.6) is 0 Å². The van der Waals surface area contributed by atoms with E-state index in [4.69, 9.17) is 21.5 Å². The summed E-state index contributed by atoms with van der Waals surface area (Å²) in [4.78, 5) is 24.0. The van der Waals surface area contributed by atoms with Crippen molar-refractivity contribution in [1.82, 2.24) is 10.6 Å². The summed E-state index contributed by atoms with van der Waals surface area (Å²) in [6, 6.07) is 19.0. The number of alkyl halides is 3. The summed E-state index contributed by atoms with van der Waals surface area (Å²) >= 11 is 5.91. The zero-order valence-electron chi connectivity index (χ0n) is 21.8. The molecule has 1 heterocycles. The number of hydrogen-bond donors (Lipinski definition) is 4. The van der Waals surface area contributed by atoms with Gasteiger partial charge in [-0.2, -0.15) is 13.2 Å². The molecule has 3 aromatic rings. The van der Waals surface area contributed by atoms with Crippen LogP contribution in [0.4, 0.5) is 24.5 Å². The fourth-order valence-electron chi connectivity index (χ4n) is 3.86. The molecular weight excluding hydrogens is 585 g/mol. The SMILES string of the molecule is Cc1cccc(CNC(=O)c2ccc(N3CCNCC3)c(NS(=O)(=O)c3ccc(Cl)cc3)c2)c1.O=C(O)C(F)(F)F. The van der Waals surface area contributed by atoms with Gasteiger partial charge in [0.25, 0.3) is 15.9 Å². The quantitative estimate of drug-likeness (QED) is 0.311. The predicted molar refractivity (Wildman–Crippen MR) is 150 cm³/mol. The first-order valence-corrected chi connectivity index (χ1v) is 14.1. The largest absolute Gasteiger partial charge is 0.490 e. The number of carbonyl (C=O) groups excluding carboxylic acids is 1. The molecule has 1 aliphatic rings. The third kappa shape index (κ3) is 9.37. The predicted octanol–water partition coefficient (Wildman–Crippen LogP) is 4.42. The fraction of sp³-hybridized carbons (Fsp3) is 0.259. The Morgan fingerprint density at radius 3 is 2.24 bits per heavy atom. The van der Waals surface area contributed by atoms with E-state index in [-0.39, 0.29) is 10.8 Å². The van der Waals surface area contributed by atoms with Crippen LogP contribution in [0.15, 0.2) is 71.6 Å². The van der Waals surface area contributed by atoms with E-state index in [1.54, 1.807) is 18.2 Å². The molecule has 9 nitrogen and oxygen atoms in total. The molecule has 41 heavy (non-hydrogen) atoms. The molecule has 1 fully saturated rings. The highest BCUT2D eigenvalue weighted by Gasteiger charge is 2.38. The van der Waals surface area contributed by atoms with Crippen LogP contribution in [0.1, 0.15) is 21.5 Å². The van der Waals surface area contributed by atoms with Crippen molar-refractivity contribution >= 4 is 44.9 Å². The highest BCUT2D eigenvalue weighted by atomic mass is 35.5. The van der Waals surface area contributed by atoms with Gasteiger partial charge in [-0.05, 0) is 55.0 Å². The van der Waals surface area contributed by atoms with E-state index in [0.717, 1.165) is 43.0 Å². The first-order valence-electron chi connectivity index (χ1n) is 12.3. The number of nitrogens with zero attached hydrogens (tertiary/aromatic N) is 1. The van der Waals surface area contributed by atoms with Crippen molar-refractivity contribution in [2.75, 3.05) is 35.8 Å². The molecule has 3 aromatic carbocycles. The number of nitrogens with one attached hydrogen (secondary N) is 3. The molecular formula is C27H28ClF3N4O5S. The van der Waals surface area contributed by atoms with E-state index in [9.17, 15) is 26.4 Å². The lowest BCUT2D eigenvalue weighted by molar-refractivity contribution is -0.192. The molecule has 4 N–H and O–H groups in total. The summed E-state index contributed by atoms with van der Waals surface area (Å²) in [6.07, 6.45) is -5.08. The van der Waals surface area contributed by atoms with Crippen LogP contribution in [0, 0.1) is 6.92 Å². The summed E-state index contributed by atoms with van der Waals surface area (Å²) in [5, 5.41) is 13.8. The average molecular weight is 613 g/mol. The van der Waals surface area contributed by atoms with Crippen LogP contribution in [0.25, 0.3) is 0 Å². The number of hydrogen-bond acceptors (Lipinski definition) is 6. The van der Waals surface area contributed by atoms with Crippen molar-refractivity contribution in [3.63, 3.8) is 0 Å². The summed E-state index contributed by atoms with van der Waals surface area (Å²) in [7, 11) is -3.88. The van der Waals surface area contributed by atoms with Gasteiger partial charge in [-0.3, -0.25) is 9.52 Å². The van der Waals surface area contributed by atoms with Crippen LogP contribution in [-0.4, -0.2) is 57.8 Å². The second-order valence-electron chi connectivity index (χ2n) is 9.00. The van der Waals surface area contributed by atoms with Crippen molar-refractivity contribution in [2.45, 2.75) is 24.5 Å². The lowest BCUT2D eigenvalue weighted by Crippen LogP contribution is -2.43. The smallest absolute Gasteiger partial charge is 0.475 e. The standard InChI is InChI=1S/C25H27ClN4O3S.C2HF3O2/c1-18-3-2-4-19(15-18)17-28-25(31)20-5-10-24(30-13-11-27-12-14-30)23(16-20)29-34(32,33)22-8-6-21(26)7-9-22;3-2(4,5)1(6)7/h2-10,15-16,27,29H,11-14,17H2,1H3,(H,28,31);(H,6,7). The molecule has 220 valence electrons. The minimum Gasteiger partial charge on any atom is -0.475 e. The van der Waals surface area contributed by atoms with Crippen molar-refractivity contribution in [1.29, 1.82) is 0 Å².